The summed E-state index contributed by atoms with van der Waals surface area (Å²) in [6, 6.07) is 0. The van der Waals surface area contributed by atoms with Gasteiger partial charge in [-0.2, -0.15) is 5.10 Å². The third-order valence-electron chi connectivity index (χ3n) is 4.07. The maximum absolute atomic E-state index is 11.1. The predicted molar refractivity (Wildman–Crippen MR) is 73.3 cm³/mol. The molecule has 0 aromatic carbocycles. The van der Waals surface area contributed by atoms with E-state index in [0.717, 1.165) is 34.9 Å². The lowest BCUT2D eigenvalue weighted by Gasteiger charge is -2.18. The highest BCUT2D eigenvalue weighted by atomic mass is 16.4. The normalized spacial score (nSPS) is 18.1. The number of nitrogens with zero attached hydrogens (tertiary/aromatic N) is 4. The maximum atomic E-state index is 11.1. The zero-order valence-electron chi connectivity index (χ0n) is 11.9. The molecule has 2 aromatic heterocycles. The van der Waals surface area contributed by atoms with Crippen molar-refractivity contribution in [1.29, 1.82) is 0 Å². The Morgan fingerprint density at radius 1 is 1.45 bits per heavy atom. The molecule has 1 unspecified atom stereocenters. The van der Waals surface area contributed by atoms with Crippen LogP contribution in [0.1, 0.15) is 23.5 Å². The molecule has 2 heterocycles. The number of aromatic nitrogens is 4. The van der Waals surface area contributed by atoms with Gasteiger partial charge in [0.05, 0.1) is 22.9 Å². The lowest BCUT2D eigenvalue weighted by atomic mass is 9.90. The number of fused-ring (bicyclic) bond motifs is 1. The van der Waals surface area contributed by atoms with Gasteiger partial charge in [-0.3, -0.25) is 9.48 Å². The largest absolute Gasteiger partial charge is 0.481 e. The van der Waals surface area contributed by atoms with Crippen molar-refractivity contribution in [3.63, 3.8) is 0 Å². The van der Waals surface area contributed by atoms with Crippen LogP contribution in [-0.4, -0.2) is 30.4 Å². The van der Waals surface area contributed by atoms with E-state index >= 15 is 0 Å². The van der Waals surface area contributed by atoms with Crippen LogP contribution in [0.4, 0.5) is 0 Å². The van der Waals surface area contributed by atoms with Gasteiger partial charge in [0.2, 0.25) is 0 Å². The predicted octanol–water partition coefficient (Wildman–Crippen LogP) is 1.32. The van der Waals surface area contributed by atoms with Crippen molar-refractivity contribution in [2.24, 2.45) is 20.0 Å². The number of rotatable bonds is 2. The molecule has 6 nitrogen and oxygen atoms in total. The van der Waals surface area contributed by atoms with Gasteiger partial charge < -0.3 is 9.67 Å². The van der Waals surface area contributed by atoms with E-state index in [4.69, 9.17) is 5.11 Å². The number of carbonyl (C=O) groups is 1. The summed E-state index contributed by atoms with van der Waals surface area (Å²) in [5.41, 5.74) is 4.02. The summed E-state index contributed by atoms with van der Waals surface area (Å²) in [5, 5.41) is 13.5. The average molecular weight is 274 g/mol. The Bertz CT molecular complexity index is 684. The van der Waals surface area contributed by atoms with Crippen LogP contribution in [-0.2, 0) is 31.7 Å². The average Bonchev–Trinajstić information content (AvgIpc) is 2.89. The second-order valence-corrected chi connectivity index (χ2v) is 5.47. The molecule has 0 bridgehead atoms. The molecule has 0 radical (unpaired) electrons. The fourth-order valence-electron chi connectivity index (χ4n) is 2.98. The van der Waals surface area contributed by atoms with E-state index in [1.807, 2.05) is 27.2 Å². The van der Waals surface area contributed by atoms with Crippen molar-refractivity contribution in [3.8, 4) is 11.4 Å². The highest BCUT2D eigenvalue weighted by molar-refractivity contribution is 5.71. The van der Waals surface area contributed by atoms with Gasteiger partial charge in [0.1, 0.15) is 5.82 Å². The summed E-state index contributed by atoms with van der Waals surface area (Å²) in [6.45, 7) is 1.96. The first-order valence-electron chi connectivity index (χ1n) is 6.75. The first-order chi connectivity index (χ1) is 9.47. The number of carboxylic acid groups (broad SMARTS) is 1. The molecular formula is C14H18N4O2. The third kappa shape index (κ3) is 1.92. The van der Waals surface area contributed by atoms with Crippen LogP contribution in [0.2, 0.25) is 0 Å². The molecule has 0 saturated carbocycles. The van der Waals surface area contributed by atoms with Gasteiger partial charge in [-0.05, 0) is 19.8 Å². The Balaban J connectivity index is 2.04. The highest BCUT2D eigenvalue weighted by Crippen LogP contribution is 2.30. The van der Waals surface area contributed by atoms with Crippen molar-refractivity contribution in [1.82, 2.24) is 19.3 Å². The third-order valence-corrected chi connectivity index (χ3v) is 4.07. The number of hydrogen-bond acceptors (Lipinski definition) is 3. The highest BCUT2D eigenvalue weighted by Gasteiger charge is 2.29. The first kappa shape index (κ1) is 12.9. The van der Waals surface area contributed by atoms with E-state index < -0.39 is 5.97 Å². The molecule has 1 N–H and O–H groups in total. The van der Waals surface area contributed by atoms with Gasteiger partial charge >= 0.3 is 5.97 Å². The van der Waals surface area contributed by atoms with Crippen LogP contribution >= 0.6 is 0 Å². The molecule has 0 fully saturated rings. The fraction of sp³-hybridized carbons (Fsp3) is 0.500. The van der Waals surface area contributed by atoms with Gasteiger partial charge in [0.25, 0.3) is 0 Å². The summed E-state index contributed by atoms with van der Waals surface area (Å²) in [7, 11) is 3.88. The van der Waals surface area contributed by atoms with Crippen molar-refractivity contribution >= 4 is 5.97 Å². The van der Waals surface area contributed by atoms with Crippen LogP contribution in [0.25, 0.3) is 11.4 Å². The Hall–Kier alpha value is -2.11. The number of imidazole rings is 1. The van der Waals surface area contributed by atoms with Crippen LogP contribution in [0.3, 0.4) is 0 Å². The summed E-state index contributed by atoms with van der Waals surface area (Å²) in [4.78, 5) is 15.8. The molecule has 1 aliphatic carbocycles. The minimum atomic E-state index is -0.722. The summed E-state index contributed by atoms with van der Waals surface area (Å²) in [5.74, 6) is -0.146. The Morgan fingerprint density at radius 2 is 2.20 bits per heavy atom. The zero-order chi connectivity index (χ0) is 14.4. The van der Waals surface area contributed by atoms with E-state index in [1.165, 1.54) is 0 Å². The van der Waals surface area contributed by atoms with Crippen LogP contribution in [0.5, 0.6) is 0 Å². The van der Waals surface area contributed by atoms with Gasteiger partial charge in [-0.1, -0.05) is 0 Å². The second-order valence-electron chi connectivity index (χ2n) is 5.47. The molecular weight excluding hydrogens is 256 g/mol. The standard InChI is InChI=1S/C14H18N4O2/c1-8-10(7-17(2)16-8)13-15-11-6-9(14(19)20)4-5-12(11)18(13)3/h7,9H,4-6H2,1-3H3,(H,19,20). The number of aryl methyl sites for hydroxylation is 2. The van der Waals surface area contributed by atoms with Gasteiger partial charge in [0, 0.05) is 32.4 Å². The summed E-state index contributed by atoms with van der Waals surface area (Å²) in [6.07, 6.45) is 3.94. The Morgan fingerprint density at radius 3 is 2.80 bits per heavy atom. The molecule has 20 heavy (non-hydrogen) atoms. The number of hydrogen-bond donors (Lipinski definition) is 1. The summed E-state index contributed by atoms with van der Waals surface area (Å²) < 4.78 is 3.86. The number of aliphatic carboxylic acids is 1. The smallest absolute Gasteiger partial charge is 0.306 e. The summed E-state index contributed by atoms with van der Waals surface area (Å²) >= 11 is 0. The van der Waals surface area contributed by atoms with Crippen molar-refractivity contribution in [2.45, 2.75) is 26.2 Å². The van der Waals surface area contributed by atoms with Crippen LogP contribution < -0.4 is 0 Å². The topological polar surface area (TPSA) is 72.9 Å². The molecule has 0 spiro atoms. The first-order valence-corrected chi connectivity index (χ1v) is 6.75. The molecule has 0 aliphatic heterocycles. The van der Waals surface area contributed by atoms with Gasteiger partial charge in [-0.15, -0.1) is 0 Å². The lowest BCUT2D eigenvalue weighted by molar-refractivity contribution is -0.142. The quantitative estimate of drug-likeness (QED) is 0.896. The molecule has 106 valence electrons. The van der Waals surface area contributed by atoms with Gasteiger partial charge in [0.15, 0.2) is 0 Å². The molecule has 0 amide bonds. The molecule has 1 atom stereocenters. The second kappa shape index (κ2) is 4.47. The van der Waals surface area contributed by atoms with Crippen molar-refractivity contribution < 1.29 is 9.90 Å². The van der Waals surface area contributed by atoms with E-state index in [9.17, 15) is 4.79 Å². The lowest BCUT2D eigenvalue weighted by Crippen LogP contribution is -2.22. The SMILES string of the molecule is Cc1nn(C)cc1-c1nc2c(n1C)CCC(C(=O)O)C2. The van der Waals surface area contributed by atoms with E-state index in [1.54, 1.807) is 4.68 Å². The molecule has 1 aliphatic rings. The molecule has 3 rings (SSSR count). The molecule has 6 heteroatoms. The Labute approximate surface area is 117 Å². The van der Waals surface area contributed by atoms with E-state index in [-0.39, 0.29) is 5.92 Å². The minimum Gasteiger partial charge on any atom is -0.481 e. The van der Waals surface area contributed by atoms with E-state index in [0.29, 0.717) is 12.8 Å². The monoisotopic (exact) mass is 274 g/mol. The van der Waals surface area contributed by atoms with Crippen LogP contribution in [0, 0.1) is 12.8 Å². The van der Waals surface area contributed by atoms with E-state index in [2.05, 4.69) is 14.6 Å². The Kier molecular flexibility index (Phi) is 2.88. The zero-order valence-corrected chi connectivity index (χ0v) is 11.9. The number of carboxylic acids is 1. The minimum absolute atomic E-state index is 0.305. The molecule has 2 aromatic rings. The van der Waals surface area contributed by atoms with Gasteiger partial charge in [-0.25, -0.2) is 4.98 Å². The fourth-order valence-corrected chi connectivity index (χ4v) is 2.98. The van der Waals surface area contributed by atoms with Crippen molar-refractivity contribution in [3.05, 3.63) is 23.3 Å². The maximum Gasteiger partial charge on any atom is 0.306 e. The van der Waals surface area contributed by atoms with Crippen LogP contribution in [0.15, 0.2) is 6.20 Å². The molecule has 0 saturated heterocycles. The van der Waals surface area contributed by atoms with Crippen molar-refractivity contribution in [2.75, 3.05) is 0 Å².